The molecule has 0 aliphatic carbocycles. The van der Waals surface area contributed by atoms with Gasteiger partial charge in [0.05, 0.1) is 24.2 Å². The fourth-order valence-corrected chi connectivity index (χ4v) is 5.10. The molecule has 0 radical (unpaired) electrons. The van der Waals surface area contributed by atoms with Crippen LogP contribution in [-0.4, -0.2) is 23.3 Å². The number of hydrogen-bond acceptors (Lipinski definition) is 4. The molecule has 1 amide bonds. The highest BCUT2D eigenvalue weighted by Gasteiger charge is 2.14. The van der Waals surface area contributed by atoms with Crippen molar-refractivity contribution < 1.29 is 14.3 Å². The molecular formula is C39H33N3O3. The zero-order valence-corrected chi connectivity index (χ0v) is 25.0. The van der Waals surface area contributed by atoms with Gasteiger partial charge in [-0.15, -0.1) is 0 Å². The van der Waals surface area contributed by atoms with Crippen LogP contribution in [0.5, 0.6) is 11.5 Å². The smallest absolute Gasteiger partial charge is 0.271 e. The zero-order valence-electron chi connectivity index (χ0n) is 25.0. The van der Waals surface area contributed by atoms with E-state index in [0.717, 1.165) is 39.3 Å². The van der Waals surface area contributed by atoms with Crippen molar-refractivity contribution in [1.29, 1.82) is 0 Å². The fourth-order valence-electron chi connectivity index (χ4n) is 5.10. The predicted molar refractivity (Wildman–Crippen MR) is 180 cm³/mol. The summed E-state index contributed by atoms with van der Waals surface area (Å²) in [5, 5.41) is 4.20. The number of amides is 1. The Morgan fingerprint density at radius 3 is 1.89 bits per heavy atom. The van der Waals surface area contributed by atoms with Crippen molar-refractivity contribution in [2.45, 2.75) is 13.5 Å². The van der Waals surface area contributed by atoms with E-state index in [4.69, 9.17) is 9.47 Å². The second-order valence-corrected chi connectivity index (χ2v) is 10.3. The van der Waals surface area contributed by atoms with Crippen molar-refractivity contribution in [2.24, 2.45) is 5.10 Å². The number of benzene rings is 5. The van der Waals surface area contributed by atoms with Gasteiger partial charge in [-0.3, -0.25) is 4.79 Å². The highest BCUT2D eigenvalue weighted by atomic mass is 16.5. The highest BCUT2D eigenvalue weighted by molar-refractivity contribution is 5.95. The average molecular weight is 592 g/mol. The Balaban J connectivity index is 1.17. The number of hydrogen-bond donors (Lipinski definition) is 1. The maximum Gasteiger partial charge on any atom is 0.271 e. The van der Waals surface area contributed by atoms with Crippen molar-refractivity contribution >= 4 is 12.1 Å². The monoisotopic (exact) mass is 591 g/mol. The summed E-state index contributed by atoms with van der Waals surface area (Å²) >= 11 is 0. The second kappa shape index (κ2) is 14.1. The third kappa shape index (κ3) is 7.03. The van der Waals surface area contributed by atoms with Crippen LogP contribution in [-0.2, 0) is 6.61 Å². The van der Waals surface area contributed by atoms with E-state index in [1.807, 2.05) is 116 Å². The van der Waals surface area contributed by atoms with Gasteiger partial charge < -0.3 is 14.0 Å². The molecule has 222 valence electrons. The minimum Gasteiger partial charge on any atom is -0.490 e. The topological polar surface area (TPSA) is 64.8 Å². The van der Waals surface area contributed by atoms with Crippen LogP contribution < -0.4 is 14.9 Å². The summed E-state index contributed by atoms with van der Waals surface area (Å²) < 4.78 is 14.0. The van der Waals surface area contributed by atoms with E-state index in [2.05, 4.69) is 51.5 Å². The van der Waals surface area contributed by atoms with Gasteiger partial charge >= 0.3 is 0 Å². The number of carbonyl (C=O) groups is 1. The minimum atomic E-state index is -0.301. The van der Waals surface area contributed by atoms with E-state index >= 15 is 0 Å². The van der Waals surface area contributed by atoms with Crippen LogP contribution in [0, 0.1) is 0 Å². The molecule has 1 heterocycles. The Morgan fingerprint density at radius 2 is 1.29 bits per heavy atom. The normalized spacial score (nSPS) is 11.0. The molecule has 6 aromatic rings. The molecule has 5 aromatic carbocycles. The lowest BCUT2D eigenvalue weighted by molar-refractivity contribution is 0.0955. The number of aromatic nitrogens is 1. The Bertz CT molecular complexity index is 1820. The van der Waals surface area contributed by atoms with Crippen LogP contribution in [0.3, 0.4) is 0 Å². The lowest BCUT2D eigenvalue weighted by atomic mass is 10.1. The molecule has 45 heavy (non-hydrogen) atoms. The van der Waals surface area contributed by atoms with Crippen LogP contribution in [0.25, 0.3) is 28.2 Å². The van der Waals surface area contributed by atoms with E-state index in [0.29, 0.717) is 30.3 Å². The number of hydrazone groups is 1. The third-order valence-electron chi connectivity index (χ3n) is 7.29. The largest absolute Gasteiger partial charge is 0.490 e. The van der Waals surface area contributed by atoms with E-state index < -0.39 is 0 Å². The molecule has 6 nitrogen and oxygen atoms in total. The maximum atomic E-state index is 13.0. The van der Waals surface area contributed by atoms with Crippen molar-refractivity contribution in [1.82, 2.24) is 9.99 Å². The van der Waals surface area contributed by atoms with Crippen LogP contribution in [0.2, 0.25) is 0 Å². The molecule has 0 aliphatic rings. The van der Waals surface area contributed by atoms with Crippen molar-refractivity contribution in [2.75, 3.05) is 6.61 Å². The number of ether oxygens (including phenoxy) is 2. The average Bonchev–Trinajstić information content (AvgIpc) is 3.55. The molecule has 6 heteroatoms. The van der Waals surface area contributed by atoms with Gasteiger partial charge in [-0.25, -0.2) is 5.43 Å². The van der Waals surface area contributed by atoms with Gasteiger partial charge in [-0.05, 0) is 83.8 Å². The lowest BCUT2D eigenvalue weighted by Gasteiger charge is -2.15. The first kappa shape index (κ1) is 29.2. The maximum absolute atomic E-state index is 13.0. The van der Waals surface area contributed by atoms with Crippen LogP contribution in [0.1, 0.15) is 28.4 Å². The summed E-state index contributed by atoms with van der Waals surface area (Å²) in [5.41, 5.74) is 10.3. The quantitative estimate of drug-likeness (QED) is 0.121. The van der Waals surface area contributed by atoms with Gasteiger partial charge in [0.1, 0.15) is 6.61 Å². The number of nitrogens with one attached hydrogen (secondary N) is 1. The number of nitrogens with zero attached hydrogens (tertiary/aromatic N) is 2. The SMILES string of the molecule is CCOc1cc(/C=N\NC(=O)c2ccc(-n3c(-c4ccccc4)ccc3-c3ccccc3)cc2)ccc1OCc1ccccc1. The van der Waals surface area contributed by atoms with Crippen molar-refractivity contribution in [3.8, 4) is 39.7 Å². The Kier molecular flexibility index (Phi) is 9.12. The van der Waals surface area contributed by atoms with E-state index in [1.165, 1.54) is 0 Å². The molecule has 0 aliphatic heterocycles. The molecule has 0 saturated carbocycles. The summed E-state index contributed by atoms with van der Waals surface area (Å²) in [5.74, 6) is 0.967. The van der Waals surface area contributed by atoms with Crippen LogP contribution in [0.15, 0.2) is 151 Å². The first-order valence-corrected chi connectivity index (χ1v) is 14.9. The molecule has 1 aromatic heterocycles. The van der Waals surface area contributed by atoms with E-state index in [9.17, 15) is 4.79 Å². The molecule has 0 fully saturated rings. The van der Waals surface area contributed by atoms with Crippen molar-refractivity contribution in [3.05, 3.63) is 162 Å². The van der Waals surface area contributed by atoms with Crippen LogP contribution in [0.4, 0.5) is 0 Å². The second-order valence-electron chi connectivity index (χ2n) is 10.3. The van der Waals surface area contributed by atoms with E-state index in [1.54, 1.807) is 6.21 Å². The molecule has 0 unspecified atom stereocenters. The van der Waals surface area contributed by atoms with Gasteiger partial charge in [0, 0.05) is 11.3 Å². The molecule has 0 spiro atoms. The number of carbonyl (C=O) groups excluding carboxylic acids is 1. The molecule has 0 bridgehead atoms. The molecule has 1 N–H and O–H groups in total. The summed E-state index contributed by atoms with van der Waals surface area (Å²) in [6.45, 7) is 2.86. The minimum absolute atomic E-state index is 0.301. The van der Waals surface area contributed by atoms with Crippen molar-refractivity contribution in [3.63, 3.8) is 0 Å². The van der Waals surface area contributed by atoms with Gasteiger partial charge in [0.25, 0.3) is 5.91 Å². The first-order chi connectivity index (χ1) is 22.2. The molecule has 0 saturated heterocycles. The Hall–Kier alpha value is -5.88. The first-order valence-electron chi connectivity index (χ1n) is 14.9. The van der Waals surface area contributed by atoms with Gasteiger partial charge in [-0.2, -0.15) is 5.10 Å². The summed E-state index contributed by atoms with van der Waals surface area (Å²) in [4.78, 5) is 13.0. The Morgan fingerprint density at radius 1 is 0.689 bits per heavy atom. The summed E-state index contributed by atoms with van der Waals surface area (Å²) in [6, 6.07) is 47.9. The van der Waals surface area contributed by atoms with Gasteiger partial charge in [0.15, 0.2) is 11.5 Å². The highest BCUT2D eigenvalue weighted by Crippen LogP contribution is 2.33. The van der Waals surface area contributed by atoms with Gasteiger partial charge in [-0.1, -0.05) is 91.0 Å². The standard InChI is InChI=1S/C39H33N3O3/c1-2-44-38-26-30(18-25-37(38)45-28-29-12-6-3-7-13-29)27-40-41-39(43)33-19-21-34(22-20-33)42-35(31-14-8-4-9-15-31)23-24-36(42)32-16-10-5-11-17-32/h3-27H,2,28H2,1H3,(H,41,43)/b40-27-. The molecule has 6 rings (SSSR count). The molecule has 0 atom stereocenters. The molecular weight excluding hydrogens is 558 g/mol. The predicted octanol–water partition coefficient (Wildman–Crippen LogP) is 8.55. The van der Waals surface area contributed by atoms with Gasteiger partial charge in [0.2, 0.25) is 0 Å². The third-order valence-corrected chi connectivity index (χ3v) is 7.29. The zero-order chi connectivity index (χ0) is 30.8. The van der Waals surface area contributed by atoms with E-state index in [-0.39, 0.29) is 5.91 Å². The summed E-state index contributed by atoms with van der Waals surface area (Å²) in [6.07, 6.45) is 1.59. The number of rotatable bonds is 11. The summed E-state index contributed by atoms with van der Waals surface area (Å²) in [7, 11) is 0. The fraction of sp³-hybridized carbons (Fsp3) is 0.0769. The van der Waals surface area contributed by atoms with Crippen LogP contribution >= 0.6 is 0 Å². The lowest BCUT2D eigenvalue weighted by Crippen LogP contribution is -2.17. The Labute approximate surface area is 263 Å².